The van der Waals surface area contributed by atoms with Crippen LogP contribution in [0.25, 0.3) is 0 Å². The SMILES string of the molecule is Cc1ccc([N+](=O)[O-])cc1Oc1ccc(Br)cc1CBr. The molecule has 0 aromatic heterocycles. The summed E-state index contributed by atoms with van der Waals surface area (Å²) in [7, 11) is 0. The van der Waals surface area contributed by atoms with Crippen molar-refractivity contribution in [2.24, 2.45) is 0 Å². The Kier molecular flexibility index (Phi) is 4.77. The van der Waals surface area contributed by atoms with E-state index in [1.807, 2.05) is 25.1 Å². The van der Waals surface area contributed by atoms with Crippen molar-refractivity contribution < 1.29 is 9.66 Å². The number of hydrogen-bond donors (Lipinski definition) is 0. The van der Waals surface area contributed by atoms with Crippen LogP contribution in [0.2, 0.25) is 0 Å². The maximum atomic E-state index is 10.8. The molecule has 0 aliphatic heterocycles. The van der Waals surface area contributed by atoms with Crippen molar-refractivity contribution >= 4 is 37.5 Å². The van der Waals surface area contributed by atoms with E-state index in [9.17, 15) is 10.1 Å². The van der Waals surface area contributed by atoms with Crippen LogP contribution in [0.5, 0.6) is 11.5 Å². The number of nitro benzene ring substituents is 1. The van der Waals surface area contributed by atoms with Crippen LogP contribution in [0.4, 0.5) is 5.69 Å². The van der Waals surface area contributed by atoms with Gasteiger partial charge in [-0.15, -0.1) is 0 Å². The second-order valence-corrected chi connectivity index (χ2v) is 5.67. The van der Waals surface area contributed by atoms with Crippen LogP contribution < -0.4 is 4.74 Å². The average Bonchev–Trinajstić information content (AvgIpc) is 2.42. The zero-order valence-electron chi connectivity index (χ0n) is 10.6. The summed E-state index contributed by atoms with van der Waals surface area (Å²) in [4.78, 5) is 10.4. The molecule has 0 amide bonds. The Bertz CT molecular complexity index is 659. The molecule has 104 valence electrons. The summed E-state index contributed by atoms with van der Waals surface area (Å²) in [5, 5.41) is 11.5. The Morgan fingerprint density at radius 3 is 2.60 bits per heavy atom. The van der Waals surface area contributed by atoms with Crippen molar-refractivity contribution in [2.75, 3.05) is 0 Å². The topological polar surface area (TPSA) is 52.4 Å². The largest absolute Gasteiger partial charge is 0.457 e. The minimum absolute atomic E-state index is 0.0168. The van der Waals surface area contributed by atoms with Crippen LogP contribution in [0, 0.1) is 17.0 Å². The molecule has 2 aromatic carbocycles. The summed E-state index contributed by atoms with van der Waals surface area (Å²) in [5.74, 6) is 1.16. The van der Waals surface area contributed by atoms with E-state index in [4.69, 9.17) is 4.74 Å². The third-order valence-electron chi connectivity index (χ3n) is 2.77. The van der Waals surface area contributed by atoms with Crippen molar-refractivity contribution in [2.45, 2.75) is 12.3 Å². The van der Waals surface area contributed by atoms with Gasteiger partial charge in [0.05, 0.1) is 11.0 Å². The van der Waals surface area contributed by atoms with Crippen LogP contribution >= 0.6 is 31.9 Å². The fraction of sp³-hybridized carbons (Fsp3) is 0.143. The maximum Gasteiger partial charge on any atom is 0.273 e. The highest BCUT2D eigenvalue weighted by molar-refractivity contribution is 9.10. The van der Waals surface area contributed by atoms with Gasteiger partial charge in [-0.3, -0.25) is 10.1 Å². The highest BCUT2D eigenvalue weighted by Gasteiger charge is 2.12. The molecule has 2 rings (SSSR count). The first-order chi connectivity index (χ1) is 9.51. The van der Waals surface area contributed by atoms with Crippen LogP contribution in [0.3, 0.4) is 0 Å². The average molecular weight is 401 g/mol. The molecule has 4 nitrogen and oxygen atoms in total. The summed E-state index contributed by atoms with van der Waals surface area (Å²) in [6, 6.07) is 10.2. The Hall–Kier alpha value is -1.40. The van der Waals surface area contributed by atoms with E-state index in [0.29, 0.717) is 16.8 Å². The molecular formula is C14H11Br2NO3. The van der Waals surface area contributed by atoms with Gasteiger partial charge in [-0.2, -0.15) is 0 Å². The first-order valence-corrected chi connectivity index (χ1v) is 7.70. The van der Waals surface area contributed by atoms with Gasteiger partial charge in [-0.25, -0.2) is 0 Å². The second kappa shape index (κ2) is 6.37. The van der Waals surface area contributed by atoms with Gasteiger partial charge in [-0.05, 0) is 36.8 Å². The predicted octanol–water partition coefficient (Wildman–Crippen LogP) is 5.35. The van der Waals surface area contributed by atoms with Crippen molar-refractivity contribution in [1.82, 2.24) is 0 Å². The zero-order valence-corrected chi connectivity index (χ0v) is 13.8. The third-order valence-corrected chi connectivity index (χ3v) is 3.87. The second-order valence-electron chi connectivity index (χ2n) is 4.19. The third kappa shape index (κ3) is 3.37. The molecule has 0 heterocycles. The van der Waals surface area contributed by atoms with Gasteiger partial charge in [-0.1, -0.05) is 31.9 Å². The van der Waals surface area contributed by atoms with Crippen molar-refractivity contribution in [1.29, 1.82) is 0 Å². The molecule has 6 heteroatoms. The van der Waals surface area contributed by atoms with Gasteiger partial charge in [0, 0.05) is 21.4 Å². The van der Waals surface area contributed by atoms with Crippen LogP contribution in [0.1, 0.15) is 11.1 Å². The lowest BCUT2D eigenvalue weighted by Crippen LogP contribution is -1.94. The molecule has 0 bridgehead atoms. The minimum atomic E-state index is -0.431. The predicted molar refractivity (Wildman–Crippen MR) is 84.7 cm³/mol. The van der Waals surface area contributed by atoms with E-state index in [2.05, 4.69) is 31.9 Å². The molecule has 2 aromatic rings. The van der Waals surface area contributed by atoms with E-state index in [0.717, 1.165) is 15.6 Å². The molecule has 0 N–H and O–H groups in total. The summed E-state index contributed by atoms with van der Waals surface area (Å²) in [6.07, 6.45) is 0. The highest BCUT2D eigenvalue weighted by atomic mass is 79.9. The normalized spacial score (nSPS) is 10.3. The fourth-order valence-electron chi connectivity index (χ4n) is 1.68. The number of halogens is 2. The number of hydrogen-bond acceptors (Lipinski definition) is 3. The lowest BCUT2D eigenvalue weighted by atomic mass is 10.2. The molecule has 0 aliphatic rings. The summed E-state index contributed by atoms with van der Waals surface area (Å²) in [5.41, 5.74) is 1.83. The molecule has 20 heavy (non-hydrogen) atoms. The van der Waals surface area contributed by atoms with Crippen LogP contribution in [-0.4, -0.2) is 4.92 Å². The van der Waals surface area contributed by atoms with E-state index in [1.165, 1.54) is 12.1 Å². The number of non-ortho nitro benzene ring substituents is 1. The first-order valence-electron chi connectivity index (χ1n) is 5.78. The molecule has 0 aliphatic carbocycles. The standard InChI is InChI=1S/C14H11Br2NO3/c1-9-2-4-12(17(18)19)7-14(9)20-13-5-3-11(16)6-10(13)8-15/h2-7H,8H2,1H3. The van der Waals surface area contributed by atoms with Crippen molar-refractivity contribution in [3.05, 3.63) is 62.1 Å². The smallest absolute Gasteiger partial charge is 0.273 e. The van der Waals surface area contributed by atoms with Gasteiger partial charge >= 0.3 is 0 Å². The molecule has 0 atom stereocenters. The monoisotopic (exact) mass is 399 g/mol. The number of ether oxygens (including phenoxy) is 1. The quantitative estimate of drug-likeness (QED) is 0.394. The fourth-order valence-corrected chi connectivity index (χ4v) is 2.53. The molecule has 0 saturated carbocycles. The van der Waals surface area contributed by atoms with E-state index in [1.54, 1.807) is 6.07 Å². The van der Waals surface area contributed by atoms with Gasteiger partial charge in [0.25, 0.3) is 5.69 Å². The first kappa shape index (κ1) is 15.0. The summed E-state index contributed by atoms with van der Waals surface area (Å²) < 4.78 is 6.78. The van der Waals surface area contributed by atoms with Gasteiger partial charge in [0.2, 0.25) is 0 Å². The Balaban J connectivity index is 2.39. The Morgan fingerprint density at radius 2 is 1.95 bits per heavy atom. The number of alkyl halides is 1. The van der Waals surface area contributed by atoms with Crippen molar-refractivity contribution in [3.63, 3.8) is 0 Å². The van der Waals surface area contributed by atoms with Gasteiger partial charge in [0.15, 0.2) is 0 Å². The molecular weight excluding hydrogens is 390 g/mol. The number of nitrogens with zero attached hydrogens (tertiary/aromatic N) is 1. The number of benzene rings is 2. The zero-order chi connectivity index (χ0) is 14.7. The minimum Gasteiger partial charge on any atom is -0.457 e. The van der Waals surface area contributed by atoms with Gasteiger partial charge in [0.1, 0.15) is 11.5 Å². The Morgan fingerprint density at radius 1 is 1.20 bits per heavy atom. The lowest BCUT2D eigenvalue weighted by Gasteiger charge is -2.12. The molecule has 0 unspecified atom stereocenters. The summed E-state index contributed by atoms with van der Waals surface area (Å²) in [6.45, 7) is 1.85. The summed E-state index contributed by atoms with van der Waals surface area (Å²) >= 11 is 6.80. The van der Waals surface area contributed by atoms with E-state index >= 15 is 0 Å². The van der Waals surface area contributed by atoms with Crippen LogP contribution in [0.15, 0.2) is 40.9 Å². The molecule has 0 spiro atoms. The number of nitro groups is 1. The van der Waals surface area contributed by atoms with E-state index < -0.39 is 4.92 Å². The molecule has 0 saturated heterocycles. The van der Waals surface area contributed by atoms with Crippen LogP contribution in [-0.2, 0) is 5.33 Å². The Labute approximate surface area is 133 Å². The number of rotatable bonds is 4. The van der Waals surface area contributed by atoms with E-state index in [-0.39, 0.29) is 5.69 Å². The highest BCUT2D eigenvalue weighted by Crippen LogP contribution is 2.33. The number of aryl methyl sites for hydroxylation is 1. The maximum absolute atomic E-state index is 10.8. The van der Waals surface area contributed by atoms with Crippen molar-refractivity contribution in [3.8, 4) is 11.5 Å². The molecule has 0 radical (unpaired) electrons. The molecule has 0 fully saturated rings. The van der Waals surface area contributed by atoms with Gasteiger partial charge < -0.3 is 4.74 Å². The lowest BCUT2D eigenvalue weighted by molar-refractivity contribution is -0.384.